The van der Waals surface area contributed by atoms with E-state index in [1.54, 1.807) is 12.1 Å². The number of nitrogens with zero attached hydrogens (tertiary/aromatic N) is 2. The van der Waals surface area contributed by atoms with Crippen molar-refractivity contribution in [2.24, 2.45) is 0 Å². The van der Waals surface area contributed by atoms with Crippen LogP contribution in [0.15, 0.2) is 53.4 Å². The number of hydrogen-bond donors (Lipinski definition) is 0. The maximum absolute atomic E-state index is 12.8. The lowest BCUT2D eigenvalue weighted by atomic mass is 10.2. The summed E-state index contributed by atoms with van der Waals surface area (Å²) in [4.78, 5) is 10.5. The molecule has 0 amide bonds. The van der Waals surface area contributed by atoms with Crippen LogP contribution >= 0.6 is 11.6 Å². The van der Waals surface area contributed by atoms with Crippen molar-refractivity contribution in [1.82, 2.24) is 4.31 Å². The Morgan fingerprint density at radius 2 is 1.83 bits per heavy atom. The SMILES string of the molecule is CCCN(Cc1cccc([N+](=O)[O-])c1)S(=O)(=O)c1ccc(Cl)cc1. The minimum atomic E-state index is -3.71. The Balaban J connectivity index is 2.33. The monoisotopic (exact) mass is 368 g/mol. The van der Waals surface area contributed by atoms with Gasteiger partial charge in [0, 0.05) is 30.2 Å². The number of halogens is 1. The summed E-state index contributed by atoms with van der Waals surface area (Å²) in [5, 5.41) is 11.3. The number of hydrogen-bond acceptors (Lipinski definition) is 4. The summed E-state index contributed by atoms with van der Waals surface area (Å²) in [5.74, 6) is 0. The average Bonchev–Trinajstić information content (AvgIpc) is 2.55. The molecule has 0 saturated heterocycles. The molecule has 0 atom stereocenters. The second-order valence-corrected chi connectivity index (χ2v) is 7.59. The second kappa shape index (κ2) is 7.74. The molecule has 0 aliphatic rings. The third kappa shape index (κ3) is 4.31. The Morgan fingerprint density at radius 1 is 1.17 bits per heavy atom. The largest absolute Gasteiger partial charge is 0.269 e. The van der Waals surface area contributed by atoms with Gasteiger partial charge in [0.1, 0.15) is 0 Å². The Bertz CT molecular complexity index is 822. The van der Waals surface area contributed by atoms with Gasteiger partial charge in [-0.15, -0.1) is 0 Å². The summed E-state index contributed by atoms with van der Waals surface area (Å²) < 4.78 is 26.9. The molecule has 24 heavy (non-hydrogen) atoms. The van der Waals surface area contributed by atoms with E-state index in [0.29, 0.717) is 23.6 Å². The van der Waals surface area contributed by atoms with Gasteiger partial charge in [-0.05, 0) is 36.2 Å². The molecular formula is C16H17ClN2O4S. The molecular weight excluding hydrogens is 352 g/mol. The molecule has 8 heteroatoms. The third-order valence-electron chi connectivity index (χ3n) is 3.40. The third-order valence-corrected chi connectivity index (χ3v) is 5.52. The molecule has 0 fully saturated rings. The summed E-state index contributed by atoms with van der Waals surface area (Å²) in [7, 11) is -3.71. The van der Waals surface area contributed by atoms with Crippen molar-refractivity contribution in [2.45, 2.75) is 24.8 Å². The fourth-order valence-corrected chi connectivity index (χ4v) is 3.91. The van der Waals surface area contributed by atoms with Crippen molar-refractivity contribution in [3.05, 3.63) is 69.2 Å². The summed E-state index contributed by atoms with van der Waals surface area (Å²) in [6.07, 6.45) is 0.627. The van der Waals surface area contributed by atoms with Crippen LogP contribution in [-0.2, 0) is 16.6 Å². The highest BCUT2D eigenvalue weighted by atomic mass is 35.5. The summed E-state index contributed by atoms with van der Waals surface area (Å²) in [6.45, 7) is 2.26. The van der Waals surface area contributed by atoms with E-state index in [2.05, 4.69) is 0 Å². The van der Waals surface area contributed by atoms with Crippen molar-refractivity contribution in [3.8, 4) is 0 Å². The molecule has 128 valence electrons. The molecule has 0 heterocycles. The van der Waals surface area contributed by atoms with Gasteiger partial charge < -0.3 is 0 Å². The van der Waals surface area contributed by atoms with E-state index in [-0.39, 0.29) is 17.1 Å². The highest BCUT2D eigenvalue weighted by Gasteiger charge is 2.24. The first kappa shape index (κ1) is 18.4. The van der Waals surface area contributed by atoms with E-state index >= 15 is 0 Å². The van der Waals surface area contributed by atoms with Crippen molar-refractivity contribution in [1.29, 1.82) is 0 Å². The lowest BCUT2D eigenvalue weighted by Crippen LogP contribution is -2.31. The van der Waals surface area contributed by atoms with Gasteiger partial charge >= 0.3 is 0 Å². The summed E-state index contributed by atoms with van der Waals surface area (Å²) in [5.41, 5.74) is 0.503. The van der Waals surface area contributed by atoms with Gasteiger partial charge in [0.05, 0.1) is 9.82 Å². The maximum Gasteiger partial charge on any atom is 0.269 e. The maximum atomic E-state index is 12.8. The molecule has 0 aliphatic heterocycles. The predicted octanol–water partition coefficient (Wildman–Crippen LogP) is 3.85. The minimum absolute atomic E-state index is 0.0622. The first-order chi connectivity index (χ1) is 11.3. The predicted molar refractivity (Wildman–Crippen MR) is 92.4 cm³/mol. The van der Waals surface area contributed by atoms with Crippen LogP contribution in [0.3, 0.4) is 0 Å². The van der Waals surface area contributed by atoms with Gasteiger partial charge in [0.2, 0.25) is 10.0 Å². The molecule has 0 saturated carbocycles. The zero-order chi connectivity index (χ0) is 17.7. The van der Waals surface area contributed by atoms with Gasteiger partial charge in [0.15, 0.2) is 0 Å². The lowest BCUT2D eigenvalue weighted by Gasteiger charge is -2.21. The molecule has 0 aliphatic carbocycles. The van der Waals surface area contributed by atoms with Crippen LogP contribution in [0.25, 0.3) is 0 Å². The fourth-order valence-electron chi connectivity index (χ4n) is 2.26. The van der Waals surface area contributed by atoms with Crippen LogP contribution in [-0.4, -0.2) is 24.2 Å². The van der Waals surface area contributed by atoms with E-state index in [9.17, 15) is 18.5 Å². The molecule has 0 radical (unpaired) electrons. The van der Waals surface area contributed by atoms with E-state index in [4.69, 9.17) is 11.6 Å². The molecule has 2 rings (SSSR count). The highest BCUT2D eigenvalue weighted by molar-refractivity contribution is 7.89. The minimum Gasteiger partial charge on any atom is -0.258 e. The van der Waals surface area contributed by atoms with Gasteiger partial charge in [-0.25, -0.2) is 8.42 Å². The number of benzene rings is 2. The van der Waals surface area contributed by atoms with Crippen LogP contribution in [0.2, 0.25) is 5.02 Å². The van der Waals surface area contributed by atoms with Crippen molar-refractivity contribution < 1.29 is 13.3 Å². The molecule has 0 aromatic heterocycles. The lowest BCUT2D eigenvalue weighted by molar-refractivity contribution is -0.384. The van der Waals surface area contributed by atoms with Crippen LogP contribution < -0.4 is 0 Å². The zero-order valence-electron chi connectivity index (χ0n) is 13.1. The van der Waals surface area contributed by atoms with Crippen LogP contribution in [0.4, 0.5) is 5.69 Å². The van der Waals surface area contributed by atoms with Crippen molar-refractivity contribution in [2.75, 3.05) is 6.54 Å². The van der Waals surface area contributed by atoms with Gasteiger partial charge in [-0.2, -0.15) is 4.31 Å². The first-order valence-electron chi connectivity index (χ1n) is 7.33. The van der Waals surface area contributed by atoms with Crippen LogP contribution in [0.1, 0.15) is 18.9 Å². The molecule has 0 N–H and O–H groups in total. The quantitative estimate of drug-likeness (QED) is 0.549. The smallest absolute Gasteiger partial charge is 0.258 e. The molecule has 0 spiro atoms. The zero-order valence-corrected chi connectivity index (χ0v) is 14.6. The van der Waals surface area contributed by atoms with Gasteiger partial charge in [0.25, 0.3) is 5.69 Å². The van der Waals surface area contributed by atoms with Crippen molar-refractivity contribution >= 4 is 27.3 Å². The number of rotatable bonds is 7. The molecule has 2 aromatic rings. The number of nitro benzene ring substituents is 1. The normalized spacial score (nSPS) is 11.6. The summed E-state index contributed by atoms with van der Waals surface area (Å²) in [6, 6.07) is 11.9. The van der Waals surface area contributed by atoms with Crippen LogP contribution in [0.5, 0.6) is 0 Å². The number of sulfonamides is 1. The fraction of sp³-hybridized carbons (Fsp3) is 0.250. The van der Waals surface area contributed by atoms with Crippen LogP contribution in [0, 0.1) is 10.1 Å². The standard InChI is InChI=1S/C16H17ClN2O4S/c1-2-10-18(12-13-4-3-5-15(11-13)19(20)21)24(22,23)16-8-6-14(17)7-9-16/h3-9,11H,2,10,12H2,1H3. The number of nitro groups is 1. The van der Waals surface area contributed by atoms with E-state index in [1.165, 1.54) is 40.7 Å². The average molecular weight is 369 g/mol. The van der Waals surface area contributed by atoms with E-state index in [0.717, 1.165) is 0 Å². The molecule has 0 bridgehead atoms. The van der Waals surface area contributed by atoms with Crippen molar-refractivity contribution in [3.63, 3.8) is 0 Å². The second-order valence-electron chi connectivity index (χ2n) is 5.22. The van der Waals surface area contributed by atoms with Gasteiger partial charge in [-0.1, -0.05) is 30.7 Å². The number of non-ortho nitro benzene ring substituents is 1. The van der Waals surface area contributed by atoms with E-state index in [1.807, 2.05) is 6.92 Å². The first-order valence-corrected chi connectivity index (χ1v) is 9.15. The molecule has 6 nitrogen and oxygen atoms in total. The Kier molecular flexibility index (Phi) is 5.93. The Labute approximate surface area is 145 Å². The van der Waals surface area contributed by atoms with E-state index < -0.39 is 14.9 Å². The topological polar surface area (TPSA) is 80.5 Å². The summed E-state index contributed by atoms with van der Waals surface area (Å²) >= 11 is 5.81. The Morgan fingerprint density at radius 3 is 2.42 bits per heavy atom. The Hall–Kier alpha value is -1.96. The van der Waals surface area contributed by atoms with Gasteiger partial charge in [-0.3, -0.25) is 10.1 Å². The highest BCUT2D eigenvalue weighted by Crippen LogP contribution is 2.22. The molecule has 2 aromatic carbocycles. The molecule has 0 unspecified atom stereocenters.